The summed E-state index contributed by atoms with van der Waals surface area (Å²) < 4.78 is -0.0368. The molecule has 0 aliphatic heterocycles. The third-order valence-corrected chi connectivity index (χ3v) is 1.59. The van der Waals surface area contributed by atoms with Crippen LogP contribution in [0.5, 0.6) is 0 Å². The van der Waals surface area contributed by atoms with Crippen molar-refractivity contribution >= 4 is 0 Å². The molecule has 62 valence electrons. The first-order valence-corrected chi connectivity index (χ1v) is 3.45. The molecule has 0 bridgehead atoms. The topological polar surface area (TPSA) is 43.7 Å². The van der Waals surface area contributed by atoms with Crippen LogP contribution in [0.3, 0.4) is 0 Å². The van der Waals surface area contributed by atoms with Gasteiger partial charge in [0.05, 0.1) is 13.6 Å². The maximum atomic E-state index is 9.37. The quantitative estimate of drug-likeness (QED) is 0.442. The fourth-order valence-corrected chi connectivity index (χ4v) is 0.518. The maximum absolute atomic E-state index is 9.37. The van der Waals surface area contributed by atoms with Crippen molar-refractivity contribution in [1.82, 2.24) is 5.06 Å². The van der Waals surface area contributed by atoms with Crippen molar-refractivity contribution in [1.29, 1.82) is 0 Å². The summed E-state index contributed by atoms with van der Waals surface area (Å²) in [7, 11) is 3.28. The van der Waals surface area contributed by atoms with Crippen LogP contribution < -0.4 is 0 Å². The first-order chi connectivity index (χ1) is 4.48. The molecule has 0 radical (unpaired) electrons. The SMILES string of the molecule is CC[N+](C)(O)CCN(C)O. The van der Waals surface area contributed by atoms with E-state index in [-0.39, 0.29) is 4.65 Å². The number of rotatable bonds is 4. The largest absolute Gasteiger partial charge is 0.314 e. The van der Waals surface area contributed by atoms with E-state index < -0.39 is 0 Å². The minimum absolute atomic E-state index is 0.0368. The second kappa shape index (κ2) is 3.88. The van der Waals surface area contributed by atoms with Crippen LogP contribution in [-0.2, 0) is 0 Å². The molecule has 0 heterocycles. The molecule has 2 N–H and O–H groups in total. The Morgan fingerprint density at radius 2 is 2.00 bits per heavy atom. The molecule has 4 heteroatoms. The fourth-order valence-electron chi connectivity index (χ4n) is 0.518. The van der Waals surface area contributed by atoms with Crippen molar-refractivity contribution in [2.45, 2.75) is 6.92 Å². The van der Waals surface area contributed by atoms with E-state index in [1.165, 1.54) is 0 Å². The monoisotopic (exact) mass is 149 g/mol. The number of nitrogens with zero attached hydrogens (tertiary/aromatic N) is 2. The van der Waals surface area contributed by atoms with Crippen molar-refractivity contribution < 1.29 is 15.1 Å². The number of hydroxylamine groups is 5. The van der Waals surface area contributed by atoms with Gasteiger partial charge in [-0.2, -0.15) is 9.71 Å². The average molecular weight is 149 g/mol. The van der Waals surface area contributed by atoms with Crippen LogP contribution in [-0.4, -0.2) is 53.9 Å². The van der Waals surface area contributed by atoms with Gasteiger partial charge in [0.1, 0.15) is 13.1 Å². The van der Waals surface area contributed by atoms with Crippen LogP contribution in [0.4, 0.5) is 0 Å². The van der Waals surface area contributed by atoms with Crippen molar-refractivity contribution in [3.8, 4) is 0 Å². The molecule has 0 fully saturated rings. The Hall–Kier alpha value is -0.160. The van der Waals surface area contributed by atoms with E-state index in [2.05, 4.69) is 0 Å². The van der Waals surface area contributed by atoms with Gasteiger partial charge in [0, 0.05) is 7.05 Å². The zero-order chi connectivity index (χ0) is 8.20. The standard InChI is InChI=1S/C6H17N2O2/c1-4-8(3,10)6-5-7(2)9/h9-10H,4-6H2,1-3H3/q+1. The molecule has 0 rings (SSSR count). The summed E-state index contributed by atoms with van der Waals surface area (Å²) in [5, 5.41) is 19.2. The molecule has 0 saturated carbocycles. The van der Waals surface area contributed by atoms with E-state index in [9.17, 15) is 5.21 Å². The van der Waals surface area contributed by atoms with Gasteiger partial charge in [0.25, 0.3) is 0 Å². The first-order valence-electron chi connectivity index (χ1n) is 3.45. The highest BCUT2D eigenvalue weighted by atomic mass is 16.5. The lowest BCUT2D eigenvalue weighted by atomic mass is 10.5. The van der Waals surface area contributed by atoms with Crippen molar-refractivity contribution in [2.75, 3.05) is 33.7 Å². The highest BCUT2D eigenvalue weighted by Gasteiger charge is 2.15. The first kappa shape index (κ1) is 9.84. The molecule has 0 amide bonds. The summed E-state index contributed by atoms with van der Waals surface area (Å²) in [6.07, 6.45) is 0. The minimum atomic E-state index is -0.0368. The highest BCUT2D eigenvalue weighted by Crippen LogP contribution is 1.93. The predicted molar refractivity (Wildman–Crippen MR) is 37.8 cm³/mol. The number of quaternary nitrogens is 1. The summed E-state index contributed by atoms with van der Waals surface area (Å²) in [4.78, 5) is 0. The van der Waals surface area contributed by atoms with E-state index in [1.807, 2.05) is 6.92 Å². The lowest BCUT2D eigenvalue weighted by molar-refractivity contribution is -1.09. The Bertz CT molecular complexity index is 93.7. The van der Waals surface area contributed by atoms with Gasteiger partial charge in [-0.15, -0.1) is 0 Å². The van der Waals surface area contributed by atoms with E-state index in [0.717, 1.165) is 5.06 Å². The number of hydrogen-bond donors (Lipinski definition) is 2. The maximum Gasteiger partial charge on any atom is 0.123 e. The molecule has 4 nitrogen and oxygen atoms in total. The average Bonchev–Trinajstić information content (AvgIpc) is 1.85. The molecule has 1 atom stereocenters. The van der Waals surface area contributed by atoms with Gasteiger partial charge in [-0.3, -0.25) is 0 Å². The Kier molecular flexibility index (Phi) is 3.81. The minimum Gasteiger partial charge on any atom is -0.314 e. The summed E-state index contributed by atoms with van der Waals surface area (Å²) in [5.74, 6) is 0. The molecular formula is C6H17N2O2+. The Morgan fingerprint density at radius 3 is 2.30 bits per heavy atom. The van der Waals surface area contributed by atoms with Gasteiger partial charge in [-0.1, -0.05) is 0 Å². The molecule has 0 aliphatic carbocycles. The van der Waals surface area contributed by atoms with Crippen LogP contribution in [0.1, 0.15) is 6.92 Å². The van der Waals surface area contributed by atoms with Gasteiger partial charge >= 0.3 is 0 Å². The zero-order valence-electron chi connectivity index (χ0n) is 6.91. The molecule has 0 aromatic rings. The molecule has 0 aliphatic rings. The van der Waals surface area contributed by atoms with Gasteiger partial charge in [0.2, 0.25) is 0 Å². The van der Waals surface area contributed by atoms with E-state index in [0.29, 0.717) is 19.6 Å². The van der Waals surface area contributed by atoms with Crippen LogP contribution >= 0.6 is 0 Å². The van der Waals surface area contributed by atoms with E-state index >= 15 is 0 Å². The van der Waals surface area contributed by atoms with Crippen molar-refractivity contribution in [3.05, 3.63) is 0 Å². The van der Waals surface area contributed by atoms with Crippen LogP contribution in [0.2, 0.25) is 0 Å². The Balaban J connectivity index is 3.46. The van der Waals surface area contributed by atoms with E-state index in [1.54, 1.807) is 14.1 Å². The van der Waals surface area contributed by atoms with E-state index in [4.69, 9.17) is 5.21 Å². The zero-order valence-corrected chi connectivity index (χ0v) is 6.91. The summed E-state index contributed by atoms with van der Waals surface area (Å²) in [5.41, 5.74) is 0. The van der Waals surface area contributed by atoms with Crippen LogP contribution in [0.25, 0.3) is 0 Å². The lowest BCUT2D eigenvalue weighted by Gasteiger charge is -2.24. The predicted octanol–water partition coefficient (Wildman–Crippen LogP) is 0.163. The lowest BCUT2D eigenvalue weighted by Crippen LogP contribution is -2.44. The third-order valence-electron chi connectivity index (χ3n) is 1.59. The van der Waals surface area contributed by atoms with Crippen LogP contribution in [0.15, 0.2) is 0 Å². The molecule has 1 unspecified atom stereocenters. The molecule has 0 spiro atoms. The van der Waals surface area contributed by atoms with Crippen molar-refractivity contribution in [2.24, 2.45) is 0 Å². The third kappa shape index (κ3) is 4.69. The second-order valence-electron chi connectivity index (χ2n) is 2.76. The molecule has 0 saturated heterocycles. The number of likely N-dealkylation sites (N-methyl/N-ethyl adjacent to an activating group) is 2. The smallest absolute Gasteiger partial charge is 0.123 e. The normalized spacial score (nSPS) is 17.4. The Labute approximate surface area is 61.8 Å². The van der Waals surface area contributed by atoms with Crippen molar-refractivity contribution in [3.63, 3.8) is 0 Å². The second-order valence-corrected chi connectivity index (χ2v) is 2.76. The summed E-state index contributed by atoms with van der Waals surface area (Å²) in [6.45, 7) is 3.59. The van der Waals surface area contributed by atoms with Gasteiger partial charge in [-0.25, -0.2) is 5.21 Å². The molecule has 0 aromatic heterocycles. The number of hydrogen-bond acceptors (Lipinski definition) is 3. The van der Waals surface area contributed by atoms with Crippen LogP contribution in [0, 0.1) is 0 Å². The molecule has 10 heavy (non-hydrogen) atoms. The summed E-state index contributed by atoms with van der Waals surface area (Å²) >= 11 is 0. The molecular weight excluding hydrogens is 132 g/mol. The van der Waals surface area contributed by atoms with Gasteiger partial charge in [-0.05, 0) is 6.92 Å². The summed E-state index contributed by atoms with van der Waals surface area (Å²) in [6, 6.07) is 0. The highest BCUT2D eigenvalue weighted by molar-refractivity contribution is 4.32. The molecule has 0 aromatic carbocycles. The van der Waals surface area contributed by atoms with Gasteiger partial charge in [0.15, 0.2) is 0 Å². The van der Waals surface area contributed by atoms with Gasteiger partial charge < -0.3 is 5.21 Å². The Morgan fingerprint density at radius 1 is 1.50 bits per heavy atom. The fraction of sp³-hybridized carbons (Fsp3) is 1.00.